The van der Waals surface area contributed by atoms with E-state index < -0.39 is 6.04 Å². The molecule has 1 heterocycles. The van der Waals surface area contributed by atoms with Crippen molar-refractivity contribution in [1.29, 1.82) is 0 Å². The molecule has 11 heteroatoms. The number of halogens is 3. The molecule has 3 rings (SSSR count). The maximum Gasteiger partial charge on any atom is 0.253 e. The Balaban J connectivity index is 1.62. The highest BCUT2D eigenvalue weighted by Crippen LogP contribution is 2.26. The van der Waals surface area contributed by atoms with Gasteiger partial charge in [0.25, 0.3) is 5.91 Å². The lowest BCUT2D eigenvalue weighted by Gasteiger charge is -2.14. The van der Waals surface area contributed by atoms with E-state index in [1.54, 1.807) is 30.7 Å². The molecule has 174 valence electrons. The van der Waals surface area contributed by atoms with Crippen molar-refractivity contribution in [1.82, 2.24) is 20.1 Å². The van der Waals surface area contributed by atoms with Gasteiger partial charge in [0.15, 0.2) is 11.0 Å². The molecule has 33 heavy (non-hydrogen) atoms. The van der Waals surface area contributed by atoms with Crippen molar-refractivity contribution in [2.45, 2.75) is 32.0 Å². The number of hydrogen-bond acceptors (Lipinski definition) is 5. The molecule has 0 radical (unpaired) electrons. The first-order valence-corrected chi connectivity index (χ1v) is 12.4. The Kier molecular flexibility index (Phi) is 8.44. The van der Waals surface area contributed by atoms with Crippen LogP contribution in [0.1, 0.15) is 40.3 Å². The maximum atomic E-state index is 12.6. The Morgan fingerprint density at radius 3 is 2.45 bits per heavy atom. The fourth-order valence-electron chi connectivity index (χ4n) is 3.25. The van der Waals surface area contributed by atoms with Crippen molar-refractivity contribution in [2.75, 3.05) is 11.1 Å². The minimum atomic E-state index is -0.432. The first kappa shape index (κ1) is 25.6. The van der Waals surface area contributed by atoms with Gasteiger partial charge in [0.05, 0.1) is 22.4 Å². The predicted octanol–water partition coefficient (Wildman–Crippen LogP) is 5.72. The average Bonchev–Trinajstić information content (AvgIpc) is 3.09. The van der Waals surface area contributed by atoms with Gasteiger partial charge in [-0.15, -0.1) is 10.2 Å². The molecule has 3 aromatic rings. The Morgan fingerprint density at radius 2 is 1.82 bits per heavy atom. The van der Waals surface area contributed by atoms with Gasteiger partial charge in [0.2, 0.25) is 5.91 Å². The number of carbonyl (C=O) groups is 2. The van der Waals surface area contributed by atoms with Gasteiger partial charge in [-0.2, -0.15) is 0 Å². The van der Waals surface area contributed by atoms with Crippen LogP contribution >= 0.6 is 50.9 Å². The molecule has 0 saturated heterocycles. The number of aromatic nitrogens is 3. The normalized spacial score (nSPS) is 11.8. The summed E-state index contributed by atoms with van der Waals surface area (Å²) in [6, 6.07) is 8.17. The standard InChI is InChI=1S/C22H22BrCl2N5O2S/c1-11-7-14(23)8-12(2)19(11)27-18(31)10-33-22-29-28-20(30(22)4)13(3)26-21(32)16-6-5-15(24)9-17(16)25/h5-9,13H,10H2,1-4H3,(H,26,32)(H,27,31)/t13-/m0/s1. The minimum absolute atomic E-state index is 0.142. The van der Waals surface area contributed by atoms with Gasteiger partial charge in [-0.3, -0.25) is 9.59 Å². The lowest BCUT2D eigenvalue weighted by molar-refractivity contribution is -0.113. The van der Waals surface area contributed by atoms with E-state index in [4.69, 9.17) is 23.2 Å². The van der Waals surface area contributed by atoms with Crippen molar-refractivity contribution in [3.05, 3.63) is 67.4 Å². The van der Waals surface area contributed by atoms with E-state index in [1.165, 1.54) is 17.8 Å². The van der Waals surface area contributed by atoms with Crippen LogP contribution in [-0.4, -0.2) is 32.3 Å². The van der Waals surface area contributed by atoms with Crippen LogP contribution in [0.25, 0.3) is 0 Å². The van der Waals surface area contributed by atoms with E-state index in [2.05, 4.69) is 36.8 Å². The van der Waals surface area contributed by atoms with E-state index in [-0.39, 0.29) is 22.6 Å². The van der Waals surface area contributed by atoms with Crippen LogP contribution < -0.4 is 10.6 Å². The van der Waals surface area contributed by atoms with Crippen LogP contribution in [0.2, 0.25) is 10.0 Å². The largest absolute Gasteiger partial charge is 0.342 e. The lowest BCUT2D eigenvalue weighted by Crippen LogP contribution is -2.28. The molecular weight excluding hydrogens is 549 g/mol. The molecule has 0 aliphatic heterocycles. The summed E-state index contributed by atoms with van der Waals surface area (Å²) in [6.45, 7) is 5.69. The Morgan fingerprint density at radius 1 is 1.15 bits per heavy atom. The summed E-state index contributed by atoms with van der Waals surface area (Å²) in [6.07, 6.45) is 0. The van der Waals surface area contributed by atoms with Crippen LogP contribution in [-0.2, 0) is 11.8 Å². The highest BCUT2D eigenvalue weighted by Gasteiger charge is 2.20. The second-order valence-corrected chi connectivity index (χ2v) is 10.2. The molecule has 0 aliphatic rings. The van der Waals surface area contributed by atoms with Crippen LogP contribution in [0.3, 0.4) is 0 Å². The highest BCUT2D eigenvalue weighted by atomic mass is 79.9. The highest BCUT2D eigenvalue weighted by molar-refractivity contribution is 9.10. The number of nitrogens with zero attached hydrogens (tertiary/aromatic N) is 3. The molecule has 7 nitrogen and oxygen atoms in total. The van der Waals surface area contributed by atoms with Crippen molar-refractivity contribution in [2.24, 2.45) is 7.05 Å². The van der Waals surface area contributed by atoms with E-state index in [0.717, 1.165) is 21.3 Å². The third-order valence-electron chi connectivity index (χ3n) is 4.87. The molecule has 2 amide bonds. The monoisotopic (exact) mass is 569 g/mol. The van der Waals surface area contributed by atoms with Gasteiger partial charge in [0, 0.05) is 22.2 Å². The number of rotatable bonds is 7. The molecule has 0 bridgehead atoms. The Hall–Kier alpha value is -2.07. The van der Waals surface area contributed by atoms with E-state index in [0.29, 0.717) is 21.6 Å². The SMILES string of the molecule is Cc1cc(Br)cc(C)c1NC(=O)CSc1nnc([C@H](C)NC(=O)c2ccc(Cl)cc2Cl)n1C. The van der Waals surface area contributed by atoms with Gasteiger partial charge in [-0.05, 0) is 62.2 Å². The van der Waals surface area contributed by atoms with E-state index >= 15 is 0 Å². The van der Waals surface area contributed by atoms with Crippen molar-refractivity contribution < 1.29 is 9.59 Å². The van der Waals surface area contributed by atoms with Crippen LogP contribution in [0.4, 0.5) is 5.69 Å². The number of amides is 2. The number of thioether (sulfide) groups is 1. The first-order valence-electron chi connectivity index (χ1n) is 9.91. The molecule has 1 atom stereocenters. The van der Waals surface area contributed by atoms with Gasteiger partial charge in [0.1, 0.15) is 0 Å². The predicted molar refractivity (Wildman–Crippen MR) is 136 cm³/mol. The summed E-state index contributed by atoms with van der Waals surface area (Å²) < 4.78 is 2.72. The summed E-state index contributed by atoms with van der Waals surface area (Å²) in [5.41, 5.74) is 3.08. The zero-order chi connectivity index (χ0) is 24.3. The van der Waals surface area contributed by atoms with Crippen LogP contribution in [0.5, 0.6) is 0 Å². The fraction of sp³-hybridized carbons (Fsp3) is 0.273. The molecule has 1 aromatic heterocycles. The first-order chi connectivity index (χ1) is 15.6. The van der Waals surface area contributed by atoms with Crippen LogP contribution in [0, 0.1) is 13.8 Å². The van der Waals surface area contributed by atoms with E-state index in [9.17, 15) is 9.59 Å². The molecule has 2 N–H and O–H groups in total. The second-order valence-electron chi connectivity index (χ2n) is 7.47. The van der Waals surface area contributed by atoms with Crippen LogP contribution in [0.15, 0.2) is 40.0 Å². The molecule has 0 spiro atoms. The smallest absolute Gasteiger partial charge is 0.253 e. The summed E-state index contributed by atoms with van der Waals surface area (Å²) in [4.78, 5) is 25.1. The molecule has 0 saturated carbocycles. The molecule has 0 fully saturated rings. The number of hydrogen-bond donors (Lipinski definition) is 2. The minimum Gasteiger partial charge on any atom is -0.342 e. The summed E-state index contributed by atoms with van der Waals surface area (Å²) in [5.74, 6) is 0.232. The number of anilines is 1. The Bertz CT molecular complexity index is 1190. The van der Waals surface area contributed by atoms with Crippen molar-refractivity contribution in [3.63, 3.8) is 0 Å². The van der Waals surface area contributed by atoms with Gasteiger partial charge < -0.3 is 15.2 Å². The summed E-state index contributed by atoms with van der Waals surface area (Å²) >= 11 is 16.7. The molecule has 0 aliphatic carbocycles. The summed E-state index contributed by atoms with van der Waals surface area (Å²) in [7, 11) is 1.79. The summed E-state index contributed by atoms with van der Waals surface area (Å²) in [5, 5.41) is 15.5. The quantitative estimate of drug-likeness (QED) is 0.354. The third kappa shape index (κ3) is 6.29. The van der Waals surface area contributed by atoms with Gasteiger partial charge in [-0.25, -0.2) is 0 Å². The second kappa shape index (κ2) is 10.9. The third-order valence-corrected chi connectivity index (χ3v) is 6.90. The molecule has 0 unspecified atom stereocenters. The van der Waals surface area contributed by atoms with Crippen molar-refractivity contribution in [3.8, 4) is 0 Å². The number of nitrogens with one attached hydrogen (secondary N) is 2. The number of benzene rings is 2. The number of aryl methyl sites for hydroxylation is 2. The zero-order valence-electron chi connectivity index (χ0n) is 18.4. The zero-order valence-corrected chi connectivity index (χ0v) is 22.3. The van der Waals surface area contributed by atoms with Crippen molar-refractivity contribution >= 4 is 68.4 Å². The van der Waals surface area contributed by atoms with Gasteiger partial charge in [-0.1, -0.05) is 50.9 Å². The lowest BCUT2D eigenvalue weighted by atomic mass is 10.1. The maximum absolute atomic E-state index is 12.6. The van der Waals surface area contributed by atoms with Gasteiger partial charge >= 0.3 is 0 Å². The average molecular weight is 571 g/mol. The fourth-order valence-corrected chi connectivity index (χ4v) is 5.15. The topological polar surface area (TPSA) is 88.9 Å². The molecular formula is C22H22BrCl2N5O2S. The number of carbonyl (C=O) groups excluding carboxylic acids is 2. The van der Waals surface area contributed by atoms with E-state index in [1.807, 2.05) is 26.0 Å². The molecule has 2 aromatic carbocycles. The Labute approximate surface area is 214 Å².